The number of nitriles is 1. The molecule has 0 aliphatic carbocycles. The Balaban J connectivity index is 2.77. The van der Waals surface area contributed by atoms with Gasteiger partial charge in [-0.1, -0.05) is 13.0 Å². The predicted octanol–water partition coefficient (Wildman–Crippen LogP) is 2.07. The van der Waals surface area contributed by atoms with Gasteiger partial charge in [0, 0.05) is 18.7 Å². The fourth-order valence-corrected chi connectivity index (χ4v) is 1.53. The molecular formula is C10H14N4S. The lowest BCUT2D eigenvalue weighted by molar-refractivity contribution is 0.604. The molecule has 0 saturated carbocycles. The van der Waals surface area contributed by atoms with Crippen molar-refractivity contribution in [3.05, 3.63) is 23.8 Å². The summed E-state index contributed by atoms with van der Waals surface area (Å²) in [6, 6.07) is 7.47. The van der Waals surface area contributed by atoms with Gasteiger partial charge in [-0.2, -0.15) is 5.26 Å². The molecule has 0 heterocycles. The number of nitrogens with one attached hydrogen (secondary N) is 1. The zero-order chi connectivity index (χ0) is 11.3. The summed E-state index contributed by atoms with van der Waals surface area (Å²) in [5.41, 5.74) is 7.43. The van der Waals surface area contributed by atoms with Gasteiger partial charge < -0.3 is 10.5 Å². The van der Waals surface area contributed by atoms with E-state index in [9.17, 15) is 0 Å². The van der Waals surface area contributed by atoms with Crippen molar-refractivity contribution >= 4 is 23.5 Å². The Bertz CT molecular complexity index is 372. The molecule has 3 N–H and O–H groups in total. The highest BCUT2D eigenvalue weighted by Crippen LogP contribution is 2.23. The van der Waals surface area contributed by atoms with Gasteiger partial charge in [-0.15, -0.1) is 0 Å². The molecule has 4 nitrogen and oxygen atoms in total. The molecule has 0 atom stereocenters. The van der Waals surface area contributed by atoms with Crippen LogP contribution in [0.1, 0.15) is 12.5 Å². The summed E-state index contributed by atoms with van der Waals surface area (Å²) < 4.78 is 5.11. The van der Waals surface area contributed by atoms with Crippen LogP contribution >= 0.6 is 12.1 Å². The van der Waals surface area contributed by atoms with Gasteiger partial charge in [0.15, 0.2) is 0 Å². The monoisotopic (exact) mass is 222 g/mol. The SMILES string of the molecule is CCN(C)SNc1cccc(N)c1C#N. The molecule has 0 bridgehead atoms. The van der Waals surface area contributed by atoms with Crippen molar-refractivity contribution in [2.45, 2.75) is 6.92 Å². The zero-order valence-corrected chi connectivity index (χ0v) is 9.64. The van der Waals surface area contributed by atoms with Crippen LogP contribution in [-0.2, 0) is 0 Å². The first-order valence-electron chi connectivity index (χ1n) is 4.61. The van der Waals surface area contributed by atoms with Gasteiger partial charge >= 0.3 is 0 Å². The molecule has 0 saturated heterocycles. The van der Waals surface area contributed by atoms with E-state index in [1.54, 1.807) is 6.07 Å². The predicted molar refractivity (Wildman–Crippen MR) is 65.1 cm³/mol. The highest BCUT2D eigenvalue weighted by Gasteiger charge is 2.05. The van der Waals surface area contributed by atoms with Gasteiger partial charge in [-0.05, 0) is 19.2 Å². The van der Waals surface area contributed by atoms with Gasteiger partial charge in [0.25, 0.3) is 0 Å². The minimum atomic E-state index is 0.495. The Labute approximate surface area is 94.3 Å². The first-order chi connectivity index (χ1) is 7.19. The second-order valence-electron chi connectivity index (χ2n) is 3.02. The van der Waals surface area contributed by atoms with Crippen LogP contribution in [0.15, 0.2) is 18.2 Å². The summed E-state index contributed by atoms with van der Waals surface area (Å²) in [6.45, 7) is 2.97. The Morgan fingerprint density at radius 3 is 2.93 bits per heavy atom. The zero-order valence-electron chi connectivity index (χ0n) is 8.82. The van der Waals surface area contributed by atoms with Gasteiger partial charge in [-0.3, -0.25) is 0 Å². The van der Waals surface area contributed by atoms with E-state index in [4.69, 9.17) is 11.0 Å². The molecule has 1 aromatic carbocycles. The van der Waals surface area contributed by atoms with Crippen molar-refractivity contribution < 1.29 is 0 Å². The number of nitrogen functional groups attached to an aromatic ring is 1. The number of benzene rings is 1. The lowest BCUT2D eigenvalue weighted by Gasteiger charge is -2.14. The van der Waals surface area contributed by atoms with Crippen molar-refractivity contribution in [1.29, 1.82) is 5.26 Å². The van der Waals surface area contributed by atoms with Crippen molar-refractivity contribution in [2.24, 2.45) is 0 Å². The molecule has 0 fully saturated rings. The third-order valence-corrected chi connectivity index (χ3v) is 2.85. The average molecular weight is 222 g/mol. The second-order valence-corrected chi connectivity index (χ2v) is 4.03. The van der Waals surface area contributed by atoms with E-state index in [1.165, 1.54) is 12.1 Å². The first kappa shape index (κ1) is 11.7. The molecule has 0 aromatic heterocycles. The van der Waals surface area contributed by atoms with Crippen molar-refractivity contribution in [3.63, 3.8) is 0 Å². The van der Waals surface area contributed by atoms with Crippen LogP contribution in [0.2, 0.25) is 0 Å². The summed E-state index contributed by atoms with van der Waals surface area (Å²) >= 11 is 1.44. The van der Waals surface area contributed by atoms with E-state index < -0.39 is 0 Å². The number of rotatable bonds is 4. The molecule has 1 aromatic rings. The number of nitrogens with two attached hydrogens (primary N) is 1. The van der Waals surface area contributed by atoms with Gasteiger partial charge in [0.05, 0.1) is 16.9 Å². The van der Waals surface area contributed by atoms with Crippen LogP contribution in [0.5, 0.6) is 0 Å². The van der Waals surface area contributed by atoms with Crippen LogP contribution in [0, 0.1) is 11.3 Å². The average Bonchev–Trinajstić information content (AvgIpc) is 2.25. The molecule has 15 heavy (non-hydrogen) atoms. The fraction of sp³-hybridized carbons (Fsp3) is 0.300. The van der Waals surface area contributed by atoms with Crippen LogP contribution in [0.4, 0.5) is 11.4 Å². The third kappa shape index (κ3) is 3.05. The largest absolute Gasteiger partial charge is 0.398 e. The van der Waals surface area contributed by atoms with Crippen LogP contribution in [-0.4, -0.2) is 17.9 Å². The molecule has 5 heteroatoms. The second kappa shape index (κ2) is 5.49. The topological polar surface area (TPSA) is 65.1 Å². The van der Waals surface area contributed by atoms with Crippen LogP contribution in [0.3, 0.4) is 0 Å². The maximum absolute atomic E-state index is 8.93. The molecule has 80 valence electrons. The van der Waals surface area contributed by atoms with Crippen molar-refractivity contribution in [2.75, 3.05) is 24.0 Å². The smallest absolute Gasteiger partial charge is 0.104 e. The molecule has 0 amide bonds. The van der Waals surface area contributed by atoms with E-state index in [0.717, 1.165) is 12.2 Å². The summed E-state index contributed by atoms with van der Waals surface area (Å²) in [6.07, 6.45) is 0. The number of hydrogen-bond acceptors (Lipinski definition) is 5. The summed E-state index contributed by atoms with van der Waals surface area (Å²) in [4.78, 5) is 0. The molecule has 0 aliphatic rings. The minimum Gasteiger partial charge on any atom is -0.398 e. The van der Waals surface area contributed by atoms with Gasteiger partial charge in [0.2, 0.25) is 0 Å². The Morgan fingerprint density at radius 2 is 2.33 bits per heavy atom. The third-order valence-electron chi connectivity index (χ3n) is 1.97. The number of nitrogens with zero attached hydrogens (tertiary/aromatic N) is 2. The number of anilines is 2. The maximum Gasteiger partial charge on any atom is 0.104 e. The Hall–Kier alpha value is -1.38. The van der Waals surface area contributed by atoms with E-state index in [2.05, 4.69) is 17.7 Å². The lowest BCUT2D eigenvalue weighted by Crippen LogP contribution is -2.11. The molecule has 0 spiro atoms. The highest BCUT2D eigenvalue weighted by molar-refractivity contribution is 7.98. The van der Waals surface area contributed by atoms with E-state index in [0.29, 0.717) is 11.3 Å². The molecular weight excluding hydrogens is 208 g/mol. The Kier molecular flexibility index (Phi) is 4.28. The first-order valence-corrected chi connectivity index (χ1v) is 5.39. The fourth-order valence-electron chi connectivity index (χ4n) is 0.972. The van der Waals surface area contributed by atoms with E-state index in [-0.39, 0.29) is 0 Å². The summed E-state index contributed by atoms with van der Waals surface area (Å²) in [5.74, 6) is 0. The lowest BCUT2D eigenvalue weighted by atomic mass is 10.1. The maximum atomic E-state index is 8.93. The molecule has 0 radical (unpaired) electrons. The normalized spacial score (nSPS) is 10.0. The molecule has 1 rings (SSSR count). The van der Waals surface area contributed by atoms with Gasteiger partial charge in [0.1, 0.15) is 6.07 Å². The quantitative estimate of drug-likeness (QED) is 0.603. The molecule has 0 aliphatic heterocycles. The van der Waals surface area contributed by atoms with Crippen LogP contribution in [0.25, 0.3) is 0 Å². The van der Waals surface area contributed by atoms with E-state index in [1.807, 2.05) is 23.5 Å². The standard InChI is InChI=1S/C10H14N4S/c1-3-14(2)15-13-10-6-4-5-9(12)8(10)7-11/h4-6,13H,3,12H2,1-2H3. The minimum absolute atomic E-state index is 0.495. The Morgan fingerprint density at radius 1 is 1.60 bits per heavy atom. The van der Waals surface area contributed by atoms with Gasteiger partial charge in [-0.25, -0.2) is 4.31 Å². The summed E-state index contributed by atoms with van der Waals surface area (Å²) in [5, 5.41) is 8.93. The highest BCUT2D eigenvalue weighted by atomic mass is 32.2. The van der Waals surface area contributed by atoms with Crippen molar-refractivity contribution in [1.82, 2.24) is 4.31 Å². The molecule has 0 unspecified atom stereocenters. The van der Waals surface area contributed by atoms with Crippen LogP contribution < -0.4 is 10.5 Å². The van der Waals surface area contributed by atoms with E-state index >= 15 is 0 Å². The number of hydrogen-bond donors (Lipinski definition) is 2. The van der Waals surface area contributed by atoms with Crippen molar-refractivity contribution in [3.8, 4) is 6.07 Å². The summed E-state index contributed by atoms with van der Waals surface area (Å²) in [7, 11) is 1.97.